The van der Waals surface area contributed by atoms with Gasteiger partial charge in [0.2, 0.25) is 0 Å². The number of aryl methyl sites for hydroxylation is 1. The predicted molar refractivity (Wildman–Crippen MR) is 118 cm³/mol. The van der Waals surface area contributed by atoms with Crippen LogP contribution in [0.25, 0.3) is 16.6 Å². The number of carbonyl (C=O) groups is 1. The molecule has 9 heteroatoms. The summed E-state index contributed by atoms with van der Waals surface area (Å²) >= 11 is 5.90. The Hall–Kier alpha value is -4.04. The van der Waals surface area contributed by atoms with Crippen LogP contribution in [0.15, 0.2) is 71.5 Å². The number of hydrogen-bond acceptors (Lipinski definition) is 5. The minimum Gasteiger partial charge on any atom is -0.322 e. The van der Waals surface area contributed by atoms with Gasteiger partial charge in [0, 0.05) is 16.8 Å². The van der Waals surface area contributed by atoms with E-state index in [1.807, 2.05) is 18.2 Å². The van der Waals surface area contributed by atoms with Crippen LogP contribution in [0.4, 0.5) is 11.4 Å². The van der Waals surface area contributed by atoms with Gasteiger partial charge in [-0.1, -0.05) is 29.8 Å². The highest BCUT2D eigenvalue weighted by atomic mass is 35.5. The zero-order valence-corrected chi connectivity index (χ0v) is 17.0. The Labute approximate surface area is 180 Å². The highest BCUT2D eigenvalue weighted by Crippen LogP contribution is 2.24. The number of benzene rings is 3. The SMILES string of the molecule is Cc1nc2ccc(NC(=O)c3cc(Cl)ccc3[N+](=O)[O-])cc2c(=O)n1-c1ccccc1. The van der Waals surface area contributed by atoms with E-state index in [1.165, 1.54) is 28.8 Å². The van der Waals surface area contributed by atoms with Crippen LogP contribution in [0.2, 0.25) is 5.02 Å². The van der Waals surface area contributed by atoms with E-state index in [1.54, 1.807) is 31.2 Å². The van der Waals surface area contributed by atoms with Crippen molar-refractivity contribution in [2.45, 2.75) is 6.92 Å². The number of nitrogens with one attached hydrogen (secondary N) is 1. The third-order valence-electron chi connectivity index (χ3n) is 4.71. The Morgan fingerprint density at radius 2 is 1.84 bits per heavy atom. The number of nitro benzene ring substituents is 1. The fourth-order valence-electron chi connectivity index (χ4n) is 3.30. The molecule has 0 radical (unpaired) electrons. The maximum Gasteiger partial charge on any atom is 0.282 e. The lowest BCUT2D eigenvalue weighted by atomic mass is 10.1. The monoisotopic (exact) mass is 434 g/mol. The first-order valence-electron chi connectivity index (χ1n) is 9.19. The molecule has 0 saturated carbocycles. The van der Waals surface area contributed by atoms with Crippen molar-refractivity contribution in [1.82, 2.24) is 9.55 Å². The number of rotatable bonds is 4. The van der Waals surface area contributed by atoms with Crippen LogP contribution < -0.4 is 10.9 Å². The molecule has 0 spiro atoms. The van der Waals surface area contributed by atoms with Gasteiger partial charge in [-0.25, -0.2) is 4.98 Å². The smallest absolute Gasteiger partial charge is 0.282 e. The number of nitrogens with zero attached hydrogens (tertiary/aromatic N) is 3. The Kier molecular flexibility index (Phi) is 5.22. The summed E-state index contributed by atoms with van der Waals surface area (Å²) in [5.74, 6) is -0.188. The van der Waals surface area contributed by atoms with Crippen LogP contribution >= 0.6 is 11.6 Å². The third kappa shape index (κ3) is 3.88. The summed E-state index contributed by atoms with van der Waals surface area (Å²) in [7, 11) is 0. The van der Waals surface area contributed by atoms with Crippen LogP contribution in [0.1, 0.15) is 16.2 Å². The number of fused-ring (bicyclic) bond motifs is 1. The lowest BCUT2D eigenvalue weighted by Gasteiger charge is -2.12. The summed E-state index contributed by atoms with van der Waals surface area (Å²) in [6.45, 7) is 1.74. The number of anilines is 1. The van der Waals surface area contributed by atoms with Crippen LogP contribution in [-0.4, -0.2) is 20.4 Å². The van der Waals surface area contributed by atoms with Crippen molar-refractivity contribution in [2.75, 3.05) is 5.32 Å². The first-order valence-corrected chi connectivity index (χ1v) is 9.57. The van der Waals surface area contributed by atoms with Crippen LogP contribution in [-0.2, 0) is 0 Å². The molecule has 1 aromatic heterocycles. The Balaban J connectivity index is 1.77. The van der Waals surface area contributed by atoms with E-state index in [9.17, 15) is 19.7 Å². The molecular weight excluding hydrogens is 420 g/mol. The Morgan fingerprint density at radius 1 is 1.10 bits per heavy atom. The molecular formula is C22H15ClN4O4. The van der Waals surface area contributed by atoms with E-state index in [-0.39, 0.29) is 21.8 Å². The number of halogens is 1. The van der Waals surface area contributed by atoms with Crippen molar-refractivity contribution >= 4 is 39.8 Å². The quantitative estimate of drug-likeness (QED) is 0.375. The first-order chi connectivity index (χ1) is 14.8. The van der Waals surface area contributed by atoms with E-state index in [4.69, 9.17) is 11.6 Å². The molecule has 4 rings (SSSR count). The van der Waals surface area contributed by atoms with Gasteiger partial charge < -0.3 is 5.32 Å². The largest absolute Gasteiger partial charge is 0.322 e. The highest BCUT2D eigenvalue weighted by Gasteiger charge is 2.21. The zero-order valence-electron chi connectivity index (χ0n) is 16.2. The molecule has 0 fully saturated rings. The van der Waals surface area contributed by atoms with Crippen molar-refractivity contribution in [3.05, 3.63) is 104 Å². The third-order valence-corrected chi connectivity index (χ3v) is 4.94. The summed E-state index contributed by atoms with van der Waals surface area (Å²) in [6, 6.07) is 17.5. The van der Waals surface area contributed by atoms with E-state index in [0.29, 0.717) is 28.1 Å². The van der Waals surface area contributed by atoms with Gasteiger partial charge >= 0.3 is 0 Å². The maximum absolute atomic E-state index is 13.1. The van der Waals surface area contributed by atoms with Crippen LogP contribution in [0, 0.1) is 17.0 Å². The molecule has 1 amide bonds. The molecule has 1 heterocycles. The van der Waals surface area contributed by atoms with E-state index in [0.717, 1.165) is 0 Å². The topological polar surface area (TPSA) is 107 Å². The normalized spacial score (nSPS) is 10.8. The highest BCUT2D eigenvalue weighted by molar-refractivity contribution is 6.31. The second-order valence-corrected chi connectivity index (χ2v) is 7.18. The van der Waals surface area contributed by atoms with Gasteiger partial charge in [0.1, 0.15) is 11.4 Å². The fourth-order valence-corrected chi connectivity index (χ4v) is 3.48. The Morgan fingerprint density at radius 3 is 2.55 bits per heavy atom. The summed E-state index contributed by atoms with van der Waals surface area (Å²) in [6.07, 6.45) is 0. The number of amides is 1. The molecule has 0 aliphatic carbocycles. The van der Waals surface area contributed by atoms with Crippen LogP contribution in [0.5, 0.6) is 0 Å². The van der Waals surface area contributed by atoms with Gasteiger partial charge in [0.25, 0.3) is 17.2 Å². The van der Waals surface area contributed by atoms with Crippen molar-refractivity contribution in [3.8, 4) is 5.69 Å². The summed E-state index contributed by atoms with van der Waals surface area (Å²) in [4.78, 5) is 40.9. The molecule has 4 aromatic rings. The molecule has 0 aliphatic heterocycles. The van der Waals surface area contributed by atoms with Gasteiger partial charge in [-0.05, 0) is 49.4 Å². The summed E-state index contributed by atoms with van der Waals surface area (Å²) < 4.78 is 1.48. The number of para-hydroxylation sites is 1. The molecule has 0 unspecified atom stereocenters. The maximum atomic E-state index is 13.1. The van der Waals surface area contributed by atoms with Gasteiger partial charge in [0.15, 0.2) is 0 Å². The van der Waals surface area contributed by atoms with Gasteiger partial charge in [-0.3, -0.25) is 24.3 Å². The molecule has 0 aliphatic rings. The number of carbonyl (C=O) groups excluding carboxylic acids is 1. The average molecular weight is 435 g/mol. The number of aromatic nitrogens is 2. The van der Waals surface area contributed by atoms with Gasteiger partial charge in [0.05, 0.1) is 21.5 Å². The minimum absolute atomic E-state index is 0.179. The number of hydrogen-bond donors (Lipinski definition) is 1. The molecule has 1 N–H and O–H groups in total. The van der Waals surface area contributed by atoms with E-state index >= 15 is 0 Å². The summed E-state index contributed by atoms with van der Waals surface area (Å²) in [5.41, 5.74) is 0.602. The molecule has 0 atom stereocenters. The molecule has 3 aromatic carbocycles. The van der Waals surface area contributed by atoms with Crippen LogP contribution in [0.3, 0.4) is 0 Å². The van der Waals surface area contributed by atoms with E-state index in [2.05, 4.69) is 10.3 Å². The second-order valence-electron chi connectivity index (χ2n) is 6.74. The molecule has 0 bridgehead atoms. The number of nitro groups is 1. The van der Waals surface area contributed by atoms with Gasteiger partial charge in [-0.2, -0.15) is 0 Å². The predicted octanol–water partition coefficient (Wildman–Crippen LogP) is 4.51. The summed E-state index contributed by atoms with van der Waals surface area (Å²) in [5, 5.41) is 14.3. The second kappa shape index (κ2) is 8.00. The van der Waals surface area contributed by atoms with Crippen molar-refractivity contribution in [2.24, 2.45) is 0 Å². The lowest BCUT2D eigenvalue weighted by Crippen LogP contribution is -2.22. The van der Waals surface area contributed by atoms with E-state index < -0.39 is 10.8 Å². The Bertz CT molecular complexity index is 1400. The minimum atomic E-state index is -0.711. The zero-order chi connectivity index (χ0) is 22.1. The lowest BCUT2D eigenvalue weighted by molar-refractivity contribution is -0.385. The molecule has 154 valence electrons. The molecule has 31 heavy (non-hydrogen) atoms. The molecule has 8 nitrogen and oxygen atoms in total. The van der Waals surface area contributed by atoms with Crippen molar-refractivity contribution in [3.63, 3.8) is 0 Å². The van der Waals surface area contributed by atoms with Crippen molar-refractivity contribution < 1.29 is 9.72 Å². The first kappa shape index (κ1) is 20.2. The molecule has 0 saturated heterocycles. The van der Waals surface area contributed by atoms with Crippen molar-refractivity contribution in [1.29, 1.82) is 0 Å². The standard InChI is InChI=1S/C22H15ClN4O4/c1-13-24-19-9-8-15(12-17(19)22(29)26(13)16-5-3-2-4-6-16)25-21(28)18-11-14(23)7-10-20(18)27(30)31/h2-12H,1H3,(H,25,28). The fraction of sp³-hybridized carbons (Fsp3) is 0.0455. The average Bonchev–Trinajstić information content (AvgIpc) is 2.74. The van der Waals surface area contributed by atoms with Gasteiger partial charge in [-0.15, -0.1) is 0 Å².